The molecule has 2 saturated heterocycles. The van der Waals surface area contributed by atoms with Gasteiger partial charge in [0.1, 0.15) is 0 Å². The molecule has 3 atom stereocenters. The average molecular weight is 189 g/mol. The highest BCUT2D eigenvalue weighted by Crippen LogP contribution is 2.50. The summed E-state index contributed by atoms with van der Waals surface area (Å²) in [6.45, 7) is 0. The Morgan fingerprint density at radius 1 is 1.50 bits per heavy atom. The zero-order valence-corrected chi connectivity index (χ0v) is 8.33. The molecular formula is C12H15NO. The fourth-order valence-electron chi connectivity index (χ4n) is 2.74. The van der Waals surface area contributed by atoms with E-state index in [0.29, 0.717) is 6.10 Å². The van der Waals surface area contributed by atoms with Crippen LogP contribution in [0.2, 0.25) is 0 Å². The van der Waals surface area contributed by atoms with Crippen LogP contribution in [0.1, 0.15) is 38.5 Å². The maximum atomic E-state index is 9.26. The fourth-order valence-corrected chi connectivity index (χ4v) is 2.74. The zero-order valence-electron chi connectivity index (χ0n) is 8.33. The molecule has 0 radical (unpaired) electrons. The maximum Gasteiger partial charge on any atom is 0.0860 e. The van der Waals surface area contributed by atoms with Crippen molar-refractivity contribution in [2.24, 2.45) is 5.41 Å². The number of nitrogens with zero attached hydrogens (tertiary/aromatic N) is 1. The Kier molecular flexibility index (Phi) is 2.48. The summed E-state index contributed by atoms with van der Waals surface area (Å²) in [4.78, 5) is 0. The zero-order chi connectivity index (χ0) is 10.0. The summed E-state index contributed by atoms with van der Waals surface area (Å²) in [5, 5.41) is 9.26. The van der Waals surface area contributed by atoms with Gasteiger partial charge in [-0.3, -0.25) is 0 Å². The molecule has 2 aliphatic rings. The second-order valence-electron chi connectivity index (χ2n) is 4.35. The van der Waals surface area contributed by atoms with Gasteiger partial charge in [0.2, 0.25) is 0 Å². The number of nitriles is 1. The summed E-state index contributed by atoms with van der Waals surface area (Å²) >= 11 is 0. The highest BCUT2D eigenvalue weighted by atomic mass is 16.5. The van der Waals surface area contributed by atoms with E-state index in [-0.39, 0.29) is 11.5 Å². The molecule has 2 fully saturated rings. The number of hydrogen-bond donors (Lipinski definition) is 0. The van der Waals surface area contributed by atoms with Crippen molar-refractivity contribution < 1.29 is 4.74 Å². The van der Waals surface area contributed by atoms with E-state index < -0.39 is 0 Å². The first-order valence-corrected chi connectivity index (χ1v) is 5.31. The number of rotatable bonds is 3. The molecule has 0 N–H and O–H groups in total. The first kappa shape index (κ1) is 9.56. The molecule has 2 bridgehead atoms. The van der Waals surface area contributed by atoms with Gasteiger partial charge in [0.05, 0.1) is 23.7 Å². The molecule has 2 nitrogen and oxygen atoms in total. The highest BCUT2D eigenvalue weighted by molar-refractivity contribution is 5.12. The highest BCUT2D eigenvalue weighted by Gasteiger charge is 2.52. The Morgan fingerprint density at radius 2 is 2.36 bits per heavy atom. The Labute approximate surface area is 85.2 Å². The van der Waals surface area contributed by atoms with Crippen LogP contribution in [0.3, 0.4) is 0 Å². The lowest BCUT2D eigenvalue weighted by Gasteiger charge is -2.27. The first-order valence-electron chi connectivity index (χ1n) is 5.31. The van der Waals surface area contributed by atoms with Crippen molar-refractivity contribution >= 4 is 0 Å². The molecule has 0 aromatic heterocycles. The van der Waals surface area contributed by atoms with Crippen LogP contribution in [0, 0.1) is 29.1 Å². The summed E-state index contributed by atoms with van der Waals surface area (Å²) < 4.78 is 5.74. The van der Waals surface area contributed by atoms with Crippen LogP contribution < -0.4 is 0 Å². The van der Waals surface area contributed by atoms with E-state index in [1.165, 1.54) is 0 Å². The normalized spacial score (nSPS) is 39.3. The Balaban J connectivity index is 1.99. The van der Waals surface area contributed by atoms with Crippen molar-refractivity contribution in [2.45, 2.75) is 50.7 Å². The molecule has 2 heterocycles. The SMILES string of the molecule is C#CCCCC1(C#N)CC2CCC1O2. The van der Waals surface area contributed by atoms with Gasteiger partial charge in [-0.2, -0.15) is 5.26 Å². The van der Waals surface area contributed by atoms with Gasteiger partial charge >= 0.3 is 0 Å². The van der Waals surface area contributed by atoms with Gasteiger partial charge in [-0.15, -0.1) is 12.3 Å². The van der Waals surface area contributed by atoms with Crippen LogP contribution in [0.15, 0.2) is 0 Å². The smallest absolute Gasteiger partial charge is 0.0860 e. The van der Waals surface area contributed by atoms with E-state index in [1.54, 1.807) is 0 Å². The molecule has 74 valence electrons. The van der Waals surface area contributed by atoms with Crippen LogP contribution in [0.4, 0.5) is 0 Å². The molecular weight excluding hydrogens is 174 g/mol. The number of unbranched alkanes of at least 4 members (excludes halogenated alkanes) is 1. The van der Waals surface area contributed by atoms with E-state index in [1.807, 2.05) is 0 Å². The second-order valence-corrected chi connectivity index (χ2v) is 4.35. The van der Waals surface area contributed by atoms with Gasteiger partial charge in [0.15, 0.2) is 0 Å². The molecule has 0 amide bonds. The average Bonchev–Trinajstić information content (AvgIpc) is 2.78. The van der Waals surface area contributed by atoms with Gasteiger partial charge in [-0.1, -0.05) is 0 Å². The van der Waals surface area contributed by atoms with E-state index in [0.717, 1.165) is 38.5 Å². The topological polar surface area (TPSA) is 33.0 Å². The lowest BCUT2D eigenvalue weighted by molar-refractivity contribution is 0.0758. The van der Waals surface area contributed by atoms with E-state index in [9.17, 15) is 5.26 Å². The van der Waals surface area contributed by atoms with Gasteiger partial charge in [-0.25, -0.2) is 0 Å². The van der Waals surface area contributed by atoms with E-state index >= 15 is 0 Å². The Morgan fingerprint density at radius 3 is 2.86 bits per heavy atom. The second kappa shape index (κ2) is 3.64. The lowest BCUT2D eigenvalue weighted by Crippen LogP contribution is -2.30. The number of hydrogen-bond acceptors (Lipinski definition) is 2. The molecule has 2 heteroatoms. The lowest BCUT2D eigenvalue weighted by atomic mass is 9.72. The van der Waals surface area contributed by atoms with E-state index in [2.05, 4.69) is 12.0 Å². The van der Waals surface area contributed by atoms with E-state index in [4.69, 9.17) is 11.2 Å². The van der Waals surface area contributed by atoms with Crippen molar-refractivity contribution in [3.63, 3.8) is 0 Å². The molecule has 2 rings (SSSR count). The van der Waals surface area contributed by atoms with Crippen LogP contribution in [0.25, 0.3) is 0 Å². The van der Waals surface area contributed by atoms with Gasteiger partial charge in [-0.05, 0) is 32.1 Å². The van der Waals surface area contributed by atoms with Crippen LogP contribution in [-0.2, 0) is 4.74 Å². The van der Waals surface area contributed by atoms with Crippen molar-refractivity contribution in [1.29, 1.82) is 5.26 Å². The molecule has 14 heavy (non-hydrogen) atoms. The minimum absolute atomic E-state index is 0.190. The molecule has 0 saturated carbocycles. The summed E-state index contributed by atoms with van der Waals surface area (Å²) in [5.41, 5.74) is -0.209. The van der Waals surface area contributed by atoms with Gasteiger partial charge in [0, 0.05) is 6.42 Å². The quantitative estimate of drug-likeness (QED) is 0.504. The number of terminal acetylenes is 1. The molecule has 2 aliphatic heterocycles. The number of fused-ring (bicyclic) bond motifs is 2. The fraction of sp³-hybridized carbons (Fsp3) is 0.750. The third-order valence-electron chi connectivity index (χ3n) is 3.48. The van der Waals surface area contributed by atoms with Crippen molar-refractivity contribution in [2.75, 3.05) is 0 Å². The summed E-state index contributed by atoms with van der Waals surface area (Å²) in [5.74, 6) is 2.63. The minimum atomic E-state index is -0.209. The monoisotopic (exact) mass is 189 g/mol. The third kappa shape index (κ3) is 1.41. The predicted octanol–water partition coefficient (Wildman–Crippen LogP) is 2.25. The summed E-state index contributed by atoms with van der Waals surface area (Å²) in [6.07, 6.45) is 11.5. The van der Waals surface area contributed by atoms with Crippen molar-refractivity contribution in [3.8, 4) is 18.4 Å². The third-order valence-corrected chi connectivity index (χ3v) is 3.48. The van der Waals surface area contributed by atoms with Crippen LogP contribution in [-0.4, -0.2) is 12.2 Å². The minimum Gasteiger partial charge on any atom is -0.373 e. The Hall–Kier alpha value is -0.990. The summed E-state index contributed by atoms with van der Waals surface area (Å²) in [7, 11) is 0. The van der Waals surface area contributed by atoms with Gasteiger partial charge < -0.3 is 4.74 Å². The van der Waals surface area contributed by atoms with Crippen LogP contribution in [0.5, 0.6) is 0 Å². The molecule has 0 spiro atoms. The standard InChI is InChI=1S/C12H15NO/c1-2-3-4-7-12(9-13)8-10-5-6-11(12)14-10/h1,10-11H,3-8H2. The van der Waals surface area contributed by atoms with Crippen molar-refractivity contribution in [1.82, 2.24) is 0 Å². The Bertz CT molecular complexity index is 298. The van der Waals surface area contributed by atoms with Crippen molar-refractivity contribution in [3.05, 3.63) is 0 Å². The maximum absolute atomic E-state index is 9.26. The first-order chi connectivity index (χ1) is 6.80. The summed E-state index contributed by atoms with van der Waals surface area (Å²) in [6, 6.07) is 2.47. The predicted molar refractivity (Wildman–Crippen MR) is 53.2 cm³/mol. The molecule has 0 aliphatic carbocycles. The number of ether oxygens (including phenoxy) is 1. The molecule has 0 aromatic carbocycles. The molecule has 0 aromatic rings. The van der Waals surface area contributed by atoms with Crippen LogP contribution >= 0.6 is 0 Å². The van der Waals surface area contributed by atoms with Gasteiger partial charge in [0.25, 0.3) is 0 Å². The molecule has 3 unspecified atom stereocenters. The largest absolute Gasteiger partial charge is 0.373 e.